The molecule has 0 spiro atoms. The maximum Gasteiger partial charge on any atom is 0.0561 e. The normalized spacial score (nSPS) is 29.5. The molecule has 0 saturated carbocycles. The monoisotopic (exact) mass is 544 g/mol. The van der Waals surface area contributed by atoms with Crippen LogP contribution in [0.15, 0.2) is 36.4 Å². The summed E-state index contributed by atoms with van der Waals surface area (Å²) in [5.74, 6) is 0. The maximum absolute atomic E-state index is 3.80. The van der Waals surface area contributed by atoms with E-state index in [9.17, 15) is 0 Å². The van der Waals surface area contributed by atoms with Gasteiger partial charge in [-0.3, -0.25) is 0 Å². The Morgan fingerprint density at radius 3 is 1.41 bits per heavy atom. The number of hydrogen-bond acceptors (Lipinski definition) is 0. The van der Waals surface area contributed by atoms with Crippen LogP contribution < -0.4 is 0 Å². The summed E-state index contributed by atoms with van der Waals surface area (Å²) >= 11 is 15.0. The molecule has 22 heavy (non-hydrogen) atoms. The third kappa shape index (κ3) is 2.33. The number of rotatable bonds is 0. The molecule has 0 aromatic heterocycles. The van der Waals surface area contributed by atoms with Gasteiger partial charge in [-0.2, -0.15) is 0 Å². The summed E-state index contributed by atoms with van der Waals surface area (Å²) in [7, 11) is 0. The smallest absolute Gasteiger partial charge is 0.0561 e. The van der Waals surface area contributed by atoms with E-state index in [1.54, 1.807) is 0 Å². The fourth-order valence-electron chi connectivity index (χ4n) is 3.25. The van der Waals surface area contributed by atoms with E-state index in [4.69, 9.17) is 0 Å². The Bertz CT molecular complexity index is 752. The van der Waals surface area contributed by atoms with Crippen LogP contribution in [0.3, 0.4) is 0 Å². The van der Waals surface area contributed by atoms with Gasteiger partial charge < -0.3 is 0 Å². The minimum absolute atomic E-state index is 0.319. The van der Waals surface area contributed by atoms with Crippen molar-refractivity contribution < 1.29 is 0 Å². The molecule has 0 amide bonds. The van der Waals surface area contributed by atoms with Gasteiger partial charge in [0.05, 0.1) is 9.65 Å². The first-order valence-electron chi connectivity index (χ1n) is 7.10. The first-order valence-corrected chi connectivity index (χ1v) is 10.8. The molecule has 0 nitrogen and oxygen atoms in total. The van der Waals surface area contributed by atoms with Crippen LogP contribution in [0.2, 0.25) is 0 Å². The summed E-state index contributed by atoms with van der Waals surface area (Å²) in [5.41, 5.74) is 5.37. The second-order valence-corrected chi connectivity index (χ2v) is 9.73. The van der Waals surface area contributed by atoms with Crippen LogP contribution in [0.5, 0.6) is 0 Å². The van der Waals surface area contributed by atoms with Gasteiger partial charge in [0.15, 0.2) is 0 Å². The van der Waals surface area contributed by atoms with Crippen LogP contribution in [0.4, 0.5) is 0 Å². The Morgan fingerprint density at radius 1 is 0.591 bits per heavy atom. The zero-order chi connectivity index (χ0) is 15.4. The summed E-state index contributed by atoms with van der Waals surface area (Å²) in [6, 6.07) is 9.04. The molecule has 0 radical (unpaired) electrons. The van der Waals surface area contributed by atoms with E-state index >= 15 is 0 Å². The summed E-state index contributed by atoms with van der Waals surface area (Å²) in [5, 5.41) is 2.66. The van der Waals surface area contributed by atoms with Crippen LogP contribution in [-0.2, 0) is 0 Å². The number of hydrogen-bond donors (Lipinski definition) is 0. The molecule has 2 aromatic rings. The summed E-state index contributed by atoms with van der Waals surface area (Å²) in [6.07, 6.45) is 8.93. The Balaban J connectivity index is 2.01. The van der Waals surface area contributed by atoms with Crippen LogP contribution in [0.1, 0.15) is 31.9 Å². The SMILES string of the molecule is BrC1C=Cc2c(ccc3c4c(ccc23)C(Br)C(Br)C=C4)C1Br. The lowest BCUT2D eigenvalue weighted by Gasteiger charge is -2.26. The minimum Gasteiger partial charge on any atom is -0.0829 e. The zero-order valence-electron chi connectivity index (χ0n) is 11.4. The summed E-state index contributed by atoms with van der Waals surface area (Å²) in [4.78, 5) is 1.32. The van der Waals surface area contributed by atoms with Gasteiger partial charge in [-0.25, -0.2) is 0 Å². The van der Waals surface area contributed by atoms with Crippen molar-refractivity contribution in [2.24, 2.45) is 0 Å². The van der Waals surface area contributed by atoms with Crippen LogP contribution >= 0.6 is 63.7 Å². The van der Waals surface area contributed by atoms with Crippen molar-refractivity contribution in [2.75, 3.05) is 0 Å². The molecule has 2 aromatic carbocycles. The van der Waals surface area contributed by atoms with Crippen molar-refractivity contribution in [3.63, 3.8) is 0 Å². The van der Waals surface area contributed by atoms with Crippen molar-refractivity contribution >= 4 is 86.6 Å². The van der Waals surface area contributed by atoms with E-state index in [1.165, 1.54) is 33.0 Å². The lowest BCUT2D eigenvalue weighted by atomic mass is 9.86. The van der Waals surface area contributed by atoms with Crippen molar-refractivity contribution in [1.29, 1.82) is 0 Å². The molecule has 0 heterocycles. The molecule has 0 saturated heterocycles. The standard InChI is InChI=1S/C18H12Br4/c19-15-8-6-12-10-2-4-14-11(5-7-16(20)18(14)22)9(10)1-3-13(12)17(15)21/h1-8,15-18H. The molecule has 4 rings (SSSR count). The van der Waals surface area contributed by atoms with Gasteiger partial charge in [0.25, 0.3) is 0 Å². The quantitative estimate of drug-likeness (QED) is 0.304. The lowest BCUT2D eigenvalue weighted by Crippen LogP contribution is -2.11. The molecule has 2 aliphatic carbocycles. The molecule has 0 fully saturated rings. The minimum atomic E-state index is 0.319. The molecule has 2 aliphatic rings. The zero-order valence-corrected chi connectivity index (χ0v) is 17.8. The van der Waals surface area contributed by atoms with Gasteiger partial charge in [-0.15, -0.1) is 0 Å². The highest BCUT2D eigenvalue weighted by Crippen LogP contribution is 2.45. The van der Waals surface area contributed by atoms with Crippen LogP contribution in [0, 0.1) is 0 Å². The van der Waals surface area contributed by atoms with Crippen LogP contribution in [0.25, 0.3) is 22.9 Å². The van der Waals surface area contributed by atoms with Gasteiger partial charge in [0.1, 0.15) is 0 Å². The molecular weight excluding hydrogens is 536 g/mol. The van der Waals surface area contributed by atoms with Gasteiger partial charge in [0.2, 0.25) is 0 Å². The van der Waals surface area contributed by atoms with E-state index in [0.29, 0.717) is 19.3 Å². The van der Waals surface area contributed by atoms with E-state index < -0.39 is 0 Å². The third-order valence-corrected chi connectivity index (χ3v) is 9.61. The van der Waals surface area contributed by atoms with Crippen LogP contribution in [-0.4, -0.2) is 9.65 Å². The molecule has 4 heteroatoms. The highest BCUT2D eigenvalue weighted by molar-refractivity contribution is 9.12. The summed E-state index contributed by atoms with van der Waals surface area (Å²) in [6.45, 7) is 0. The van der Waals surface area contributed by atoms with Crippen molar-refractivity contribution in [3.05, 3.63) is 58.7 Å². The van der Waals surface area contributed by atoms with Crippen molar-refractivity contribution in [3.8, 4) is 0 Å². The Labute approximate surface area is 163 Å². The number of halogens is 4. The van der Waals surface area contributed by atoms with Crippen molar-refractivity contribution in [1.82, 2.24) is 0 Å². The average molecular weight is 548 g/mol. The second-order valence-electron chi connectivity index (χ2n) is 5.64. The predicted molar refractivity (Wildman–Crippen MR) is 111 cm³/mol. The highest BCUT2D eigenvalue weighted by atomic mass is 79.9. The second kappa shape index (κ2) is 5.87. The lowest BCUT2D eigenvalue weighted by molar-refractivity contribution is 1.00. The fourth-order valence-corrected chi connectivity index (χ4v) is 5.28. The topological polar surface area (TPSA) is 0 Å². The fraction of sp³-hybridized carbons (Fsp3) is 0.222. The molecule has 4 atom stereocenters. The van der Waals surface area contributed by atoms with E-state index in [-0.39, 0.29) is 0 Å². The largest absolute Gasteiger partial charge is 0.0829 e. The molecule has 0 bridgehead atoms. The molecule has 112 valence electrons. The molecule has 0 N–H and O–H groups in total. The molecular formula is C18H12Br4. The van der Waals surface area contributed by atoms with Gasteiger partial charge in [-0.1, -0.05) is 112 Å². The number of fused-ring (bicyclic) bond motifs is 5. The Morgan fingerprint density at radius 2 is 1.00 bits per heavy atom. The van der Waals surface area contributed by atoms with Gasteiger partial charge in [-0.05, 0) is 33.0 Å². The molecule has 4 unspecified atom stereocenters. The average Bonchev–Trinajstić information content (AvgIpc) is 2.53. The predicted octanol–water partition coefficient (Wildman–Crippen LogP) is 7.29. The highest BCUT2D eigenvalue weighted by Gasteiger charge is 2.26. The first-order chi connectivity index (χ1) is 10.6. The van der Waals surface area contributed by atoms with E-state index in [2.05, 4.69) is 112 Å². The Kier molecular flexibility index (Phi) is 4.17. The number of allylic oxidation sites excluding steroid dienone is 2. The number of alkyl halides is 4. The first kappa shape index (κ1) is 15.6. The molecule has 0 aliphatic heterocycles. The number of benzene rings is 2. The van der Waals surface area contributed by atoms with E-state index in [0.717, 1.165) is 0 Å². The summed E-state index contributed by atoms with van der Waals surface area (Å²) < 4.78 is 0. The van der Waals surface area contributed by atoms with Gasteiger partial charge >= 0.3 is 0 Å². The van der Waals surface area contributed by atoms with Gasteiger partial charge in [0, 0.05) is 9.65 Å². The van der Waals surface area contributed by atoms with E-state index in [1.807, 2.05) is 0 Å². The maximum atomic E-state index is 3.80. The third-order valence-electron chi connectivity index (χ3n) is 4.40. The Hall–Kier alpha value is 0.1000. The van der Waals surface area contributed by atoms with Crippen molar-refractivity contribution in [2.45, 2.75) is 19.3 Å².